The van der Waals surface area contributed by atoms with Crippen LogP contribution in [0.4, 0.5) is 0 Å². The molecule has 4 aromatic carbocycles. The van der Waals surface area contributed by atoms with Gasteiger partial charge in [0.25, 0.3) is 0 Å². The first-order chi connectivity index (χ1) is 17.3. The van der Waals surface area contributed by atoms with Crippen LogP contribution < -0.4 is 0 Å². The van der Waals surface area contributed by atoms with E-state index in [1.165, 1.54) is 36.4 Å². The molecule has 0 bridgehead atoms. The van der Waals surface area contributed by atoms with Gasteiger partial charge in [0.2, 0.25) is 0 Å². The molecule has 0 saturated heterocycles. The number of ketones is 2. The van der Waals surface area contributed by atoms with Gasteiger partial charge in [-0.25, -0.2) is 0 Å². The van der Waals surface area contributed by atoms with Crippen LogP contribution in [0, 0.1) is 0 Å². The van der Waals surface area contributed by atoms with Crippen molar-refractivity contribution in [3.8, 4) is 34.1 Å². The van der Waals surface area contributed by atoms with Crippen molar-refractivity contribution in [3.05, 3.63) is 113 Å². The van der Waals surface area contributed by atoms with E-state index in [4.69, 9.17) is 0 Å². The molecular weight excluding hydrogens is 456 g/mol. The minimum atomic E-state index is -0.373. The van der Waals surface area contributed by atoms with Gasteiger partial charge in [-0.2, -0.15) is 0 Å². The summed E-state index contributed by atoms with van der Waals surface area (Å²) in [5.74, 6) is -0.858. The molecule has 0 spiro atoms. The average Bonchev–Trinajstić information content (AvgIpc) is 2.88. The van der Waals surface area contributed by atoms with Gasteiger partial charge in [0.05, 0.1) is 11.1 Å². The predicted molar refractivity (Wildman–Crippen MR) is 137 cm³/mol. The Bertz CT molecular complexity index is 1470. The molecule has 4 N–H and O–H groups in total. The Morgan fingerprint density at radius 3 is 1.89 bits per heavy atom. The molecule has 180 valence electrons. The lowest BCUT2D eigenvalue weighted by molar-refractivity contribution is 0.0979. The summed E-state index contributed by atoms with van der Waals surface area (Å²) in [6.07, 6.45) is 3.41. The number of allylic oxidation sites excluding steroid dienone is 1. The molecule has 4 rings (SSSR count). The zero-order valence-corrected chi connectivity index (χ0v) is 19.3. The molecule has 0 atom stereocenters. The van der Waals surface area contributed by atoms with Gasteiger partial charge < -0.3 is 20.4 Å². The molecule has 0 aliphatic carbocycles. The van der Waals surface area contributed by atoms with E-state index < -0.39 is 0 Å². The first-order valence-electron chi connectivity index (χ1n) is 11.3. The van der Waals surface area contributed by atoms with E-state index >= 15 is 0 Å². The van der Waals surface area contributed by atoms with Gasteiger partial charge in [-0.1, -0.05) is 42.5 Å². The maximum absolute atomic E-state index is 12.5. The third-order valence-electron chi connectivity index (χ3n) is 5.81. The van der Waals surface area contributed by atoms with Crippen molar-refractivity contribution in [2.75, 3.05) is 0 Å². The van der Waals surface area contributed by atoms with Gasteiger partial charge >= 0.3 is 0 Å². The Kier molecular flexibility index (Phi) is 7.16. The highest BCUT2D eigenvalue weighted by molar-refractivity contribution is 6.08. The molecule has 0 aromatic heterocycles. The van der Waals surface area contributed by atoms with Crippen molar-refractivity contribution in [1.29, 1.82) is 0 Å². The lowest BCUT2D eigenvalue weighted by atomic mass is 9.96. The highest BCUT2D eigenvalue weighted by Crippen LogP contribution is 2.37. The number of carbonyl (C=O) groups is 2. The minimum Gasteiger partial charge on any atom is -0.507 e. The number of benzene rings is 4. The van der Waals surface area contributed by atoms with Crippen LogP contribution in [0.2, 0.25) is 0 Å². The summed E-state index contributed by atoms with van der Waals surface area (Å²) in [6.45, 7) is 0. The average molecular weight is 481 g/mol. The van der Waals surface area contributed by atoms with Crippen LogP contribution in [0.1, 0.15) is 38.3 Å². The molecule has 0 aliphatic rings. The van der Waals surface area contributed by atoms with Crippen LogP contribution in [0.5, 0.6) is 23.0 Å². The molecule has 6 heteroatoms. The van der Waals surface area contributed by atoms with Gasteiger partial charge in [-0.15, -0.1) is 0 Å². The van der Waals surface area contributed by atoms with E-state index in [-0.39, 0.29) is 52.1 Å². The fraction of sp³-hybridized carbons (Fsp3) is 0.0667. The van der Waals surface area contributed by atoms with Crippen molar-refractivity contribution >= 4 is 17.6 Å². The Balaban J connectivity index is 1.56. The fourth-order valence-corrected chi connectivity index (χ4v) is 3.87. The molecule has 36 heavy (non-hydrogen) atoms. The number of rotatable bonds is 8. The summed E-state index contributed by atoms with van der Waals surface area (Å²) in [5, 5.41) is 40.7. The van der Waals surface area contributed by atoms with Gasteiger partial charge in [0, 0.05) is 17.5 Å². The number of Topliss-reactive ketones (excluding diaryl/α,β-unsaturated/α-hetero) is 1. The number of phenols is 4. The van der Waals surface area contributed by atoms with E-state index in [1.54, 1.807) is 60.7 Å². The molecule has 0 amide bonds. The molecule has 0 unspecified atom stereocenters. The lowest BCUT2D eigenvalue weighted by Crippen LogP contribution is -2.01. The highest BCUT2D eigenvalue weighted by atomic mass is 16.3. The molecule has 6 nitrogen and oxygen atoms in total. The second-order valence-electron chi connectivity index (χ2n) is 8.28. The van der Waals surface area contributed by atoms with Crippen LogP contribution in [-0.2, 0) is 6.42 Å². The van der Waals surface area contributed by atoms with Crippen molar-refractivity contribution in [3.63, 3.8) is 0 Å². The number of para-hydroxylation sites is 2. The number of hydrogen-bond donors (Lipinski definition) is 4. The Morgan fingerprint density at radius 1 is 0.639 bits per heavy atom. The van der Waals surface area contributed by atoms with Gasteiger partial charge in [0.15, 0.2) is 11.6 Å². The van der Waals surface area contributed by atoms with Gasteiger partial charge in [-0.3, -0.25) is 9.59 Å². The molecule has 0 saturated carbocycles. The van der Waals surface area contributed by atoms with Crippen molar-refractivity contribution in [1.82, 2.24) is 0 Å². The standard InChI is InChI=1S/C30H24O6/c31-25-7-3-1-5-21(25)27(33)13-9-19-11-15-29(35)23(17-19)24-18-20(12-16-30(24)36)10-14-28(34)22-6-2-4-8-26(22)32/h1-9,11-13,15-18,31-32,35-36H,10,14H2/b13-9+. The number of hydrogen-bond acceptors (Lipinski definition) is 6. The summed E-state index contributed by atoms with van der Waals surface area (Å²) in [7, 11) is 0. The van der Waals surface area contributed by atoms with E-state index in [9.17, 15) is 30.0 Å². The fourth-order valence-electron chi connectivity index (χ4n) is 3.87. The van der Waals surface area contributed by atoms with Crippen LogP contribution >= 0.6 is 0 Å². The highest BCUT2D eigenvalue weighted by Gasteiger charge is 2.14. The van der Waals surface area contributed by atoms with Crippen molar-refractivity contribution < 1.29 is 30.0 Å². The molecular formula is C30H24O6. The topological polar surface area (TPSA) is 115 Å². The molecule has 0 radical (unpaired) electrons. The SMILES string of the molecule is O=C(/C=C/c1ccc(O)c(-c2cc(CCC(=O)c3ccccc3O)ccc2O)c1)c1ccccc1O. The summed E-state index contributed by atoms with van der Waals surface area (Å²) < 4.78 is 0. The summed E-state index contributed by atoms with van der Waals surface area (Å²) in [6, 6.07) is 22.2. The Morgan fingerprint density at radius 2 is 1.22 bits per heavy atom. The predicted octanol–water partition coefficient (Wildman–Crippen LogP) is 5.89. The second kappa shape index (κ2) is 10.6. The van der Waals surface area contributed by atoms with E-state index in [0.717, 1.165) is 5.56 Å². The maximum atomic E-state index is 12.5. The Hall–Kier alpha value is -4.84. The summed E-state index contributed by atoms with van der Waals surface area (Å²) in [4.78, 5) is 24.9. The Labute approximate surface area is 208 Å². The molecule has 0 heterocycles. The summed E-state index contributed by atoms with van der Waals surface area (Å²) in [5.41, 5.74) is 2.54. The van der Waals surface area contributed by atoms with E-state index in [1.807, 2.05) is 0 Å². The number of aromatic hydroxyl groups is 4. The normalized spacial score (nSPS) is 11.0. The van der Waals surface area contributed by atoms with Gasteiger partial charge in [0.1, 0.15) is 23.0 Å². The van der Waals surface area contributed by atoms with Crippen molar-refractivity contribution in [2.24, 2.45) is 0 Å². The van der Waals surface area contributed by atoms with Crippen LogP contribution in [0.3, 0.4) is 0 Å². The third-order valence-corrected chi connectivity index (χ3v) is 5.81. The number of aryl methyl sites for hydroxylation is 1. The molecule has 0 aliphatic heterocycles. The number of carbonyl (C=O) groups excluding carboxylic acids is 2. The largest absolute Gasteiger partial charge is 0.507 e. The first-order valence-corrected chi connectivity index (χ1v) is 11.3. The summed E-state index contributed by atoms with van der Waals surface area (Å²) >= 11 is 0. The zero-order chi connectivity index (χ0) is 25.7. The minimum absolute atomic E-state index is 0.0486. The van der Waals surface area contributed by atoms with Crippen LogP contribution in [0.25, 0.3) is 17.2 Å². The van der Waals surface area contributed by atoms with Crippen LogP contribution in [0.15, 0.2) is 91.0 Å². The first kappa shape index (κ1) is 24.3. The van der Waals surface area contributed by atoms with Crippen LogP contribution in [-0.4, -0.2) is 32.0 Å². The maximum Gasteiger partial charge on any atom is 0.189 e. The monoisotopic (exact) mass is 480 g/mol. The van der Waals surface area contributed by atoms with E-state index in [0.29, 0.717) is 23.1 Å². The number of phenolic OH excluding ortho intramolecular Hbond substituents is 4. The third kappa shape index (κ3) is 5.45. The zero-order valence-electron chi connectivity index (χ0n) is 19.3. The molecule has 4 aromatic rings. The van der Waals surface area contributed by atoms with E-state index in [2.05, 4.69) is 0 Å². The molecule has 0 fully saturated rings. The smallest absolute Gasteiger partial charge is 0.189 e. The lowest BCUT2D eigenvalue weighted by Gasteiger charge is -2.11. The van der Waals surface area contributed by atoms with Crippen molar-refractivity contribution in [2.45, 2.75) is 12.8 Å². The quantitative estimate of drug-likeness (QED) is 0.185. The second-order valence-corrected chi connectivity index (χ2v) is 8.28. The van der Waals surface area contributed by atoms with Gasteiger partial charge in [-0.05, 0) is 72.2 Å².